The van der Waals surface area contributed by atoms with Gasteiger partial charge >= 0.3 is 0 Å². The van der Waals surface area contributed by atoms with Crippen molar-refractivity contribution in [1.29, 1.82) is 0 Å². The molecule has 0 radical (unpaired) electrons. The number of hydrogen-bond donors (Lipinski definition) is 2. The predicted octanol–water partition coefficient (Wildman–Crippen LogP) is 2.30. The molecule has 0 aromatic carbocycles. The van der Waals surface area contributed by atoms with Gasteiger partial charge in [-0.05, 0) is 5.92 Å². The molecule has 1 amide bonds. The number of amides is 1. The molecule has 0 saturated carbocycles. The van der Waals surface area contributed by atoms with Gasteiger partial charge in [-0.15, -0.1) is 0 Å². The Bertz CT molecular complexity index is 441. The van der Waals surface area contributed by atoms with Gasteiger partial charge in [0.05, 0.1) is 0 Å². The molecule has 0 spiro atoms. The van der Waals surface area contributed by atoms with E-state index in [0.29, 0.717) is 12.5 Å². The van der Waals surface area contributed by atoms with Crippen molar-refractivity contribution in [2.24, 2.45) is 5.92 Å². The fourth-order valence-corrected chi connectivity index (χ4v) is 2.76. The lowest BCUT2D eigenvalue weighted by molar-refractivity contribution is 0.0950. The molecule has 0 aliphatic rings. The van der Waals surface area contributed by atoms with Crippen molar-refractivity contribution in [2.75, 3.05) is 6.54 Å². The Labute approximate surface area is 115 Å². The second kappa shape index (κ2) is 7.36. The molecule has 2 N–H and O–H groups in total. The van der Waals surface area contributed by atoms with Crippen LogP contribution in [-0.2, 0) is 0 Å². The SMILES string of the molecule is CCC(CC)C(Br)CNC(=O)c1c[nH]ccc1=O. The van der Waals surface area contributed by atoms with E-state index in [2.05, 4.69) is 40.1 Å². The summed E-state index contributed by atoms with van der Waals surface area (Å²) in [5.41, 5.74) is -0.110. The zero-order valence-electron chi connectivity index (χ0n) is 10.7. The van der Waals surface area contributed by atoms with Crippen molar-refractivity contribution in [2.45, 2.75) is 31.5 Å². The van der Waals surface area contributed by atoms with Crippen molar-refractivity contribution in [3.63, 3.8) is 0 Å². The summed E-state index contributed by atoms with van der Waals surface area (Å²) in [6.07, 6.45) is 5.07. The van der Waals surface area contributed by atoms with Crippen LogP contribution in [0.25, 0.3) is 0 Å². The summed E-state index contributed by atoms with van der Waals surface area (Å²) < 4.78 is 0. The van der Waals surface area contributed by atoms with Gasteiger partial charge in [-0.1, -0.05) is 42.6 Å². The molecular formula is C13H19BrN2O2. The molecule has 1 atom stereocenters. The summed E-state index contributed by atoms with van der Waals surface area (Å²) in [4.78, 5) is 26.3. The van der Waals surface area contributed by atoms with Gasteiger partial charge in [0.1, 0.15) is 5.56 Å². The fourth-order valence-electron chi connectivity index (χ4n) is 1.85. The van der Waals surface area contributed by atoms with Crippen LogP contribution in [0, 0.1) is 5.92 Å². The van der Waals surface area contributed by atoms with E-state index >= 15 is 0 Å². The second-order valence-electron chi connectivity index (χ2n) is 4.22. The molecule has 5 heteroatoms. The van der Waals surface area contributed by atoms with E-state index in [-0.39, 0.29) is 21.7 Å². The minimum absolute atomic E-state index is 0.154. The lowest BCUT2D eigenvalue weighted by atomic mass is 9.99. The zero-order chi connectivity index (χ0) is 13.5. The Kier molecular flexibility index (Phi) is 6.12. The van der Waals surface area contributed by atoms with Gasteiger partial charge in [-0.2, -0.15) is 0 Å². The van der Waals surface area contributed by atoms with Crippen LogP contribution in [0.2, 0.25) is 0 Å². The first kappa shape index (κ1) is 15.0. The molecule has 1 heterocycles. The van der Waals surface area contributed by atoms with Crippen LogP contribution in [-0.4, -0.2) is 22.3 Å². The predicted molar refractivity (Wildman–Crippen MR) is 76.2 cm³/mol. The number of aromatic nitrogens is 1. The van der Waals surface area contributed by atoms with Crippen LogP contribution in [0.4, 0.5) is 0 Å². The van der Waals surface area contributed by atoms with E-state index < -0.39 is 0 Å². The molecule has 18 heavy (non-hydrogen) atoms. The average Bonchev–Trinajstić information content (AvgIpc) is 2.38. The minimum Gasteiger partial charge on any atom is -0.367 e. The van der Waals surface area contributed by atoms with Crippen molar-refractivity contribution >= 4 is 21.8 Å². The van der Waals surface area contributed by atoms with Crippen LogP contribution in [0.15, 0.2) is 23.3 Å². The highest BCUT2D eigenvalue weighted by Gasteiger charge is 2.17. The standard InChI is InChI=1S/C13H19BrN2O2/c1-3-9(4-2)11(14)8-16-13(18)10-7-15-6-5-12(10)17/h5-7,9,11H,3-4,8H2,1-2H3,(H,15,17)(H,16,18). The van der Waals surface area contributed by atoms with Crippen molar-refractivity contribution in [3.05, 3.63) is 34.2 Å². The third kappa shape index (κ3) is 3.98. The molecular weight excluding hydrogens is 296 g/mol. The smallest absolute Gasteiger partial charge is 0.256 e. The number of halogens is 1. The van der Waals surface area contributed by atoms with E-state index in [0.717, 1.165) is 12.8 Å². The number of alkyl halides is 1. The molecule has 1 aromatic rings. The number of carbonyl (C=O) groups excluding carboxylic acids is 1. The summed E-state index contributed by atoms with van der Waals surface area (Å²) in [6.45, 7) is 4.79. The monoisotopic (exact) mass is 314 g/mol. The second-order valence-corrected chi connectivity index (χ2v) is 5.40. The number of rotatable bonds is 6. The van der Waals surface area contributed by atoms with Crippen molar-refractivity contribution in [3.8, 4) is 0 Å². The molecule has 0 saturated heterocycles. The normalized spacial score (nSPS) is 12.4. The number of nitrogens with one attached hydrogen (secondary N) is 2. The molecule has 0 fully saturated rings. The molecule has 0 aliphatic carbocycles. The highest BCUT2D eigenvalue weighted by Crippen LogP contribution is 2.19. The lowest BCUT2D eigenvalue weighted by Crippen LogP contribution is -2.35. The topological polar surface area (TPSA) is 62.0 Å². The van der Waals surface area contributed by atoms with E-state index in [9.17, 15) is 9.59 Å². The maximum atomic E-state index is 11.8. The zero-order valence-corrected chi connectivity index (χ0v) is 12.3. The summed E-state index contributed by atoms with van der Waals surface area (Å²) in [7, 11) is 0. The first-order valence-corrected chi connectivity index (χ1v) is 7.11. The number of hydrogen-bond acceptors (Lipinski definition) is 2. The maximum absolute atomic E-state index is 11.8. The van der Waals surface area contributed by atoms with Crippen LogP contribution in [0.3, 0.4) is 0 Å². The molecule has 1 unspecified atom stereocenters. The van der Waals surface area contributed by atoms with Crippen LogP contribution in [0.5, 0.6) is 0 Å². The van der Waals surface area contributed by atoms with Gasteiger partial charge in [0.2, 0.25) is 0 Å². The van der Waals surface area contributed by atoms with Crippen LogP contribution < -0.4 is 10.7 Å². The summed E-state index contributed by atoms with van der Waals surface area (Å²) in [5.74, 6) is 0.201. The number of H-pyrrole nitrogens is 1. The van der Waals surface area contributed by atoms with Gasteiger partial charge in [0.25, 0.3) is 5.91 Å². The summed E-state index contributed by atoms with van der Waals surface area (Å²) >= 11 is 3.58. The van der Waals surface area contributed by atoms with E-state index in [4.69, 9.17) is 0 Å². The maximum Gasteiger partial charge on any atom is 0.256 e. The Morgan fingerprint density at radius 2 is 2.11 bits per heavy atom. The van der Waals surface area contributed by atoms with Gasteiger partial charge in [0, 0.05) is 29.8 Å². The van der Waals surface area contributed by atoms with E-state index in [1.54, 1.807) is 0 Å². The van der Waals surface area contributed by atoms with Crippen LogP contribution >= 0.6 is 15.9 Å². The number of pyridine rings is 1. The van der Waals surface area contributed by atoms with E-state index in [1.165, 1.54) is 18.5 Å². The molecule has 100 valence electrons. The van der Waals surface area contributed by atoms with E-state index in [1.807, 2.05) is 0 Å². The Morgan fingerprint density at radius 1 is 1.44 bits per heavy atom. The molecule has 1 aromatic heterocycles. The number of carbonyl (C=O) groups is 1. The molecule has 0 aliphatic heterocycles. The largest absolute Gasteiger partial charge is 0.367 e. The fraction of sp³-hybridized carbons (Fsp3) is 0.538. The quantitative estimate of drug-likeness (QED) is 0.791. The first-order valence-electron chi connectivity index (χ1n) is 6.19. The number of aromatic amines is 1. The Hall–Kier alpha value is -1.10. The van der Waals surface area contributed by atoms with Crippen LogP contribution in [0.1, 0.15) is 37.0 Å². The van der Waals surface area contributed by atoms with Gasteiger partial charge in [-0.3, -0.25) is 9.59 Å². The first-order chi connectivity index (χ1) is 8.60. The van der Waals surface area contributed by atoms with Crippen molar-refractivity contribution in [1.82, 2.24) is 10.3 Å². The molecule has 4 nitrogen and oxygen atoms in total. The third-order valence-corrected chi connectivity index (χ3v) is 4.16. The average molecular weight is 315 g/mol. The third-order valence-electron chi connectivity index (χ3n) is 3.09. The minimum atomic E-state index is -0.327. The van der Waals surface area contributed by atoms with Gasteiger partial charge < -0.3 is 10.3 Å². The molecule has 0 bridgehead atoms. The summed E-state index contributed by atoms with van der Waals surface area (Å²) in [6, 6.07) is 1.35. The highest BCUT2D eigenvalue weighted by atomic mass is 79.9. The van der Waals surface area contributed by atoms with Crippen molar-refractivity contribution < 1.29 is 4.79 Å². The summed E-state index contributed by atoms with van der Waals surface area (Å²) in [5, 5.41) is 2.78. The highest BCUT2D eigenvalue weighted by molar-refractivity contribution is 9.09. The lowest BCUT2D eigenvalue weighted by Gasteiger charge is -2.19. The Balaban J connectivity index is 2.57. The van der Waals surface area contributed by atoms with Gasteiger partial charge in [0.15, 0.2) is 5.43 Å². The van der Waals surface area contributed by atoms with Gasteiger partial charge in [-0.25, -0.2) is 0 Å². The Morgan fingerprint density at radius 3 is 2.67 bits per heavy atom. The molecule has 1 rings (SSSR count).